The Hall–Kier alpha value is -2.62. The smallest absolute Gasteiger partial charge is 0.312 e. The number of nitrogens with one attached hydrogen (secondary N) is 3. The molecule has 0 radical (unpaired) electrons. The molecule has 0 aromatic carbocycles. The Labute approximate surface area is 181 Å². The van der Waals surface area contributed by atoms with Crippen LogP contribution in [0, 0.1) is 11.1 Å². The molecule has 0 aromatic rings. The Balaban J connectivity index is 1.52. The SMILES string of the molecule is O=C(O)CCCCCCNC1C=CC(C(=O)NC2CCC(=O)[NH+]([O-])C2)=C2N=CC=CC21. The number of piperidine rings is 1. The average molecular weight is 431 g/mol. The number of carboxylic acid groups (broad SMARTS) is 1. The number of carboxylic acids is 1. The maximum atomic E-state index is 12.8. The van der Waals surface area contributed by atoms with Gasteiger partial charge in [0.15, 0.2) is 0 Å². The lowest BCUT2D eigenvalue weighted by Gasteiger charge is -2.32. The summed E-state index contributed by atoms with van der Waals surface area (Å²) in [4.78, 5) is 39.2. The van der Waals surface area contributed by atoms with Crippen molar-refractivity contribution in [2.75, 3.05) is 13.1 Å². The summed E-state index contributed by atoms with van der Waals surface area (Å²) in [5, 5.41) is 26.3. The number of aliphatic carboxylic acids is 1. The van der Waals surface area contributed by atoms with Crippen LogP contribution >= 0.6 is 0 Å². The minimum absolute atomic E-state index is 0.0214. The quantitative estimate of drug-likeness (QED) is 0.290. The normalized spacial score (nSPS) is 27.3. The van der Waals surface area contributed by atoms with Gasteiger partial charge in [0.1, 0.15) is 6.54 Å². The maximum Gasteiger partial charge on any atom is 0.312 e. The second-order valence-electron chi connectivity index (χ2n) is 8.14. The van der Waals surface area contributed by atoms with Gasteiger partial charge in [-0.2, -0.15) is 0 Å². The standard InChI is InChI=1S/C22H30N4O5/c27-19-11-8-15(14-26(19)31)25-22(30)17-9-10-18(16-6-5-13-24-21(16)17)23-12-4-2-1-3-7-20(28)29/h5-6,9-10,13,15-16,18,23,26H,1-4,7-8,11-12,14H2,(H,25,30)(H,28,29). The van der Waals surface area contributed by atoms with Gasteiger partial charge >= 0.3 is 11.9 Å². The van der Waals surface area contributed by atoms with Gasteiger partial charge in [0.05, 0.1) is 23.7 Å². The molecule has 31 heavy (non-hydrogen) atoms. The van der Waals surface area contributed by atoms with Crippen molar-refractivity contribution >= 4 is 24.0 Å². The molecule has 2 amide bonds. The first-order valence-electron chi connectivity index (χ1n) is 10.9. The highest BCUT2D eigenvalue weighted by Crippen LogP contribution is 2.30. The highest BCUT2D eigenvalue weighted by molar-refractivity contribution is 5.98. The molecule has 0 saturated carbocycles. The van der Waals surface area contributed by atoms with E-state index >= 15 is 0 Å². The van der Waals surface area contributed by atoms with E-state index in [0.717, 1.165) is 25.8 Å². The number of hydrogen-bond acceptors (Lipinski definition) is 6. The molecule has 4 atom stereocenters. The van der Waals surface area contributed by atoms with E-state index in [-0.39, 0.29) is 49.2 Å². The summed E-state index contributed by atoms with van der Waals surface area (Å²) < 4.78 is 0. The Morgan fingerprint density at radius 1 is 1.23 bits per heavy atom. The van der Waals surface area contributed by atoms with E-state index in [9.17, 15) is 19.6 Å². The molecule has 168 valence electrons. The number of nitrogens with zero attached hydrogens (tertiary/aromatic N) is 1. The van der Waals surface area contributed by atoms with Crippen molar-refractivity contribution in [1.82, 2.24) is 10.6 Å². The van der Waals surface area contributed by atoms with Gasteiger partial charge in [0.25, 0.3) is 5.91 Å². The Morgan fingerprint density at radius 3 is 2.81 bits per heavy atom. The molecule has 1 saturated heterocycles. The van der Waals surface area contributed by atoms with E-state index in [0.29, 0.717) is 24.1 Å². The minimum Gasteiger partial charge on any atom is -0.627 e. The molecular weight excluding hydrogens is 400 g/mol. The average Bonchev–Trinajstić information content (AvgIpc) is 2.75. The summed E-state index contributed by atoms with van der Waals surface area (Å²) in [5.41, 5.74) is 1.18. The lowest BCUT2D eigenvalue weighted by atomic mass is 9.86. The molecule has 2 heterocycles. The van der Waals surface area contributed by atoms with Crippen LogP contribution in [0.4, 0.5) is 0 Å². The molecule has 1 fully saturated rings. The molecule has 4 N–H and O–H groups in total. The Kier molecular flexibility index (Phi) is 8.27. The van der Waals surface area contributed by atoms with Crippen molar-refractivity contribution in [3.63, 3.8) is 0 Å². The number of carbonyl (C=O) groups excluding carboxylic acids is 2. The summed E-state index contributed by atoms with van der Waals surface area (Å²) in [6.45, 7) is 0.850. The van der Waals surface area contributed by atoms with Crippen LogP contribution in [0.15, 0.2) is 40.6 Å². The van der Waals surface area contributed by atoms with E-state index in [1.165, 1.54) is 0 Å². The third-order valence-electron chi connectivity index (χ3n) is 5.81. The summed E-state index contributed by atoms with van der Waals surface area (Å²) in [7, 11) is 0. The third kappa shape index (κ3) is 6.43. The number of carbonyl (C=O) groups is 3. The number of amides is 2. The molecular formula is C22H30N4O5. The van der Waals surface area contributed by atoms with Crippen molar-refractivity contribution in [1.29, 1.82) is 0 Å². The molecule has 4 unspecified atom stereocenters. The maximum absolute atomic E-state index is 12.8. The van der Waals surface area contributed by atoms with E-state index in [4.69, 9.17) is 5.11 Å². The van der Waals surface area contributed by atoms with Crippen LogP contribution in [-0.2, 0) is 14.4 Å². The zero-order valence-corrected chi connectivity index (χ0v) is 17.5. The first-order valence-corrected chi connectivity index (χ1v) is 10.9. The highest BCUT2D eigenvalue weighted by atomic mass is 16.5. The number of fused-ring (bicyclic) bond motifs is 1. The zero-order valence-electron chi connectivity index (χ0n) is 17.5. The fraction of sp³-hybridized carbons (Fsp3) is 0.545. The van der Waals surface area contributed by atoms with E-state index < -0.39 is 11.0 Å². The molecule has 2 aliphatic heterocycles. The zero-order chi connectivity index (χ0) is 22.2. The lowest BCUT2D eigenvalue weighted by molar-refractivity contribution is -0.771. The fourth-order valence-electron chi connectivity index (χ4n) is 4.10. The van der Waals surface area contributed by atoms with Gasteiger partial charge in [-0.1, -0.05) is 31.1 Å². The summed E-state index contributed by atoms with van der Waals surface area (Å²) in [6.07, 6.45) is 13.7. The first kappa shape index (κ1) is 23.1. The van der Waals surface area contributed by atoms with Gasteiger partial charge in [-0.15, -0.1) is 0 Å². The van der Waals surface area contributed by atoms with Crippen LogP contribution in [0.5, 0.6) is 0 Å². The molecule has 9 heteroatoms. The number of unbranched alkanes of at least 4 members (excludes halogenated alkanes) is 3. The van der Waals surface area contributed by atoms with Crippen LogP contribution in [0.2, 0.25) is 0 Å². The number of dihydropyridines is 1. The topological polar surface area (TPSA) is 135 Å². The van der Waals surface area contributed by atoms with Gasteiger partial charge in [0.2, 0.25) is 0 Å². The minimum atomic E-state index is -0.752. The number of hydrogen-bond donors (Lipinski definition) is 4. The fourth-order valence-corrected chi connectivity index (χ4v) is 4.10. The van der Waals surface area contributed by atoms with E-state index in [1.54, 1.807) is 12.3 Å². The largest absolute Gasteiger partial charge is 0.627 e. The molecule has 3 rings (SSSR count). The Bertz CT molecular complexity index is 817. The second-order valence-corrected chi connectivity index (χ2v) is 8.14. The van der Waals surface area contributed by atoms with Crippen molar-refractivity contribution < 1.29 is 24.6 Å². The van der Waals surface area contributed by atoms with Crippen molar-refractivity contribution in [3.8, 4) is 0 Å². The summed E-state index contributed by atoms with van der Waals surface area (Å²) in [5.74, 6) is -1.44. The first-order chi connectivity index (χ1) is 15.0. The van der Waals surface area contributed by atoms with Gasteiger partial charge in [-0.25, -0.2) is 4.79 Å². The van der Waals surface area contributed by atoms with Gasteiger partial charge in [0, 0.05) is 24.6 Å². The van der Waals surface area contributed by atoms with Crippen molar-refractivity contribution in [2.24, 2.45) is 10.9 Å². The van der Waals surface area contributed by atoms with Crippen molar-refractivity contribution in [2.45, 2.75) is 57.0 Å². The predicted octanol–water partition coefficient (Wildman–Crippen LogP) is 0.248. The second kappa shape index (κ2) is 11.1. The van der Waals surface area contributed by atoms with Gasteiger partial charge < -0.3 is 26.0 Å². The van der Waals surface area contributed by atoms with Crippen LogP contribution in [0.25, 0.3) is 0 Å². The third-order valence-corrected chi connectivity index (χ3v) is 5.81. The van der Waals surface area contributed by atoms with E-state index in [1.807, 2.05) is 18.2 Å². The van der Waals surface area contributed by atoms with Crippen LogP contribution in [0.3, 0.4) is 0 Å². The predicted molar refractivity (Wildman–Crippen MR) is 115 cm³/mol. The van der Waals surface area contributed by atoms with Crippen LogP contribution in [0.1, 0.15) is 44.9 Å². The molecule has 0 bridgehead atoms. The number of hydroxylamine groups is 2. The molecule has 9 nitrogen and oxygen atoms in total. The van der Waals surface area contributed by atoms with Gasteiger partial charge in [-0.05, 0) is 31.9 Å². The van der Waals surface area contributed by atoms with Crippen molar-refractivity contribution in [3.05, 3.63) is 40.8 Å². The number of quaternary nitrogens is 1. The highest BCUT2D eigenvalue weighted by Gasteiger charge is 2.32. The monoisotopic (exact) mass is 430 g/mol. The molecule has 3 aliphatic rings. The summed E-state index contributed by atoms with van der Waals surface area (Å²) >= 11 is 0. The Morgan fingerprint density at radius 2 is 2.03 bits per heavy atom. The lowest BCUT2D eigenvalue weighted by Crippen LogP contribution is -3.12. The molecule has 0 aromatic heterocycles. The number of aliphatic imine (C=N–C) groups is 1. The number of rotatable bonds is 10. The van der Waals surface area contributed by atoms with Crippen LogP contribution < -0.4 is 15.7 Å². The van der Waals surface area contributed by atoms with E-state index in [2.05, 4.69) is 15.6 Å². The molecule has 0 spiro atoms. The molecule has 1 aliphatic carbocycles. The number of allylic oxidation sites excluding steroid dienone is 1. The van der Waals surface area contributed by atoms with Gasteiger partial charge in [-0.3, -0.25) is 14.6 Å². The summed E-state index contributed by atoms with van der Waals surface area (Å²) in [6, 6.07) is -0.300. The van der Waals surface area contributed by atoms with Crippen LogP contribution in [-0.4, -0.2) is 54.3 Å².